The molecule has 0 spiro atoms. The van der Waals surface area contributed by atoms with Crippen LogP contribution in [0.4, 0.5) is 0 Å². The van der Waals surface area contributed by atoms with Gasteiger partial charge in [-0.2, -0.15) is 11.8 Å². The molecule has 0 bridgehead atoms. The summed E-state index contributed by atoms with van der Waals surface area (Å²) in [6.07, 6.45) is 3.13. The molecule has 26 heavy (non-hydrogen) atoms. The third kappa shape index (κ3) is 5.24. The Bertz CT molecular complexity index is 652. The van der Waals surface area contributed by atoms with Crippen LogP contribution in [0.5, 0.6) is 0 Å². The molecule has 2 N–H and O–H groups in total. The van der Waals surface area contributed by atoms with E-state index in [0.717, 1.165) is 11.3 Å². The van der Waals surface area contributed by atoms with E-state index in [0.29, 0.717) is 19.4 Å². The third-order valence-electron chi connectivity index (χ3n) is 4.75. The van der Waals surface area contributed by atoms with Crippen LogP contribution in [0.3, 0.4) is 0 Å². The SMILES string of the molecule is CSCCC(NC(=O)Cc1ccccc1)C(=O)N1CCC(C)(C(=O)O)C1. The average Bonchev–Trinajstić information content (AvgIpc) is 3.02. The van der Waals surface area contributed by atoms with Gasteiger partial charge in [0.05, 0.1) is 11.8 Å². The molecular weight excluding hydrogens is 352 g/mol. The van der Waals surface area contributed by atoms with E-state index in [2.05, 4.69) is 5.32 Å². The first-order valence-corrected chi connectivity index (χ1v) is 10.1. The molecule has 1 aromatic carbocycles. The summed E-state index contributed by atoms with van der Waals surface area (Å²) in [6, 6.07) is 8.76. The number of aliphatic carboxylic acids is 1. The van der Waals surface area contributed by atoms with Crippen LogP contribution in [0.25, 0.3) is 0 Å². The normalized spacial score (nSPS) is 20.6. The van der Waals surface area contributed by atoms with Gasteiger partial charge in [0.15, 0.2) is 0 Å². The van der Waals surface area contributed by atoms with Crippen LogP contribution in [-0.2, 0) is 20.8 Å². The van der Waals surface area contributed by atoms with Crippen LogP contribution < -0.4 is 5.32 Å². The van der Waals surface area contributed by atoms with Gasteiger partial charge in [0.25, 0.3) is 0 Å². The summed E-state index contributed by atoms with van der Waals surface area (Å²) < 4.78 is 0. The standard InChI is InChI=1S/C19H26N2O4S/c1-19(18(24)25)9-10-21(13-19)17(23)15(8-11-26-2)20-16(22)12-14-6-4-3-5-7-14/h3-7,15H,8-13H2,1-2H3,(H,20,22)(H,24,25). The minimum atomic E-state index is -0.909. The fourth-order valence-electron chi connectivity index (χ4n) is 3.06. The number of carbonyl (C=O) groups excluding carboxylic acids is 2. The fraction of sp³-hybridized carbons (Fsp3) is 0.526. The first-order chi connectivity index (χ1) is 12.4. The quantitative estimate of drug-likeness (QED) is 0.720. The van der Waals surface area contributed by atoms with Gasteiger partial charge in [-0.05, 0) is 37.3 Å². The highest BCUT2D eigenvalue weighted by Crippen LogP contribution is 2.30. The second-order valence-electron chi connectivity index (χ2n) is 6.94. The van der Waals surface area contributed by atoms with Gasteiger partial charge in [-0.15, -0.1) is 0 Å². The number of rotatable bonds is 8. The van der Waals surface area contributed by atoms with E-state index in [1.807, 2.05) is 36.6 Å². The van der Waals surface area contributed by atoms with Gasteiger partial charge in [0, 0.05) is 13.1 Å². The maximum atomic E-state index is 12.9. The molecule has 2 unspecified atom stereocenters. The van der Waals surface area contributed by atoms with Gasteiger partial charge in [0.2, 0.25) is 11.8 Å². The van der Waals surface area contributed by atoms with Gasteiger partial charge in [0.1, 0.15) is 6.04 Å². The van der Waals surface area contributed by atoms with E-state index in [4.69, 9.17) is 0 Å². The van der Waals surface area contributed by atoms with Gasteiger partial charge < -0.3 is 15.3 Å². The summed E-state index contributed by atoms with van der Waals surface area (Å²) >= 11 is 1.61. The maximum absolute atomic E-state index is 12.9. The highest BCUT2D eigenvalue weighted by molar-refractivity contribution is 7.98. The molecule has 1 heterocycles. The number of hydrogen-bond acceptors (Lipinski definition) is 4. The van der Waals surface area contributed by atoms with Crippen LogP contribution in [0.1, 0.15) is 25.3 Å². The Kier molecular flexibility index (Phi) is 7.08. The highest BCUT2D eigenvalue weighted by Gasteiger charge is 2.43. The van der Waals surface area contributed by atoms with E-state index < -0.39 is 17.4 Å². The van der Waals surface area contributed by atoms with Crippen LogP contribution in [0.2, 0.25) is 0 Å². The van der Waals surface area contributed by atoms with Crippen LogP contribution in [0, 0.1) is 5.41 Å². The smallest absolute Gasteiger partial charge is 0.311 e. The van der Waals surface area contributed by atoms with Crippen molar-refractivity contribution in [2.24, 2.45) is 5.41 Å². The minimum Gasteiger partial charge on any atom is -0.481 e. The van der Waals surface area contributed by atoms with Crippen molar-refractivity contribution < 1.29 is 19.5 Å². The average molecular weight is 378 g/mol. The Morgan fingerprint density at radius 2 is 2.00 bits per heavy atom. The zero-order chi connectivity index (χ0) is 19.2. The molecule has 1 fully saturated rings. The Labute approximate surface area is 158 Å². The molecule has 2 atom stereocenters. The lowest BCUT2D eigenvalue weighted by atomic mass is 9.90. The van der Waals surface area contributed by atoms with Gasteiger partial charge in [-0.1, -0.05) is 30.3 Å². The van der Waals surface area contributed by atoms with Crippen molar-refractivity contribution in [1.82, 2.24) is 10.2 Å². The molecule has 2 amide bonds. The fourth-order valence-corrected chi connectivity index (χ4v) is 3.54. The molecule has 7 heteroatoms. The summed E-state index contributed by atoms with van der Waals surface area (Å²) in [6.45, 7) is 2.25. The first-order valence-electron chi connectivity index (χ1n) is 8.70. The molecule has 6 nitrogen and oxygen atoms in total. The van der Waals surface area contributed by atoms with Crippen molar-refractivity contribution in [3.05, 3.63) is 35.9 Å². The van der Waals surface area contributed by atoms with Gasteiger partial charge >= 0.3 is 5.97 Å². The summed E-state index contributed by atoms with van der Waals surface area (Å²) in [5.41, 5.74) is -0.0194. The van der Waals surface area contributed by atoms with E-state index >= 15 is 0 Å². The van der Waals surface area contributed by atoms with Crippen molar-refractivity contribution in [2.75, 3.05) is 25.1 Å². The zero-order valence-electron chi connectivity index (χ0n) is 15.2. The number of nitrogens with zero attached hydrogens (tertiary/aromatic N) is 1. The minimum absolute atomic E-state index is 0.186. The molecule has 2 rings (SSSR count). The van der Waals surface area contributed by atoms with Crippen LogP contribution >= 0.6 is 11.8 Å². The Balaban J connectivity index is 2.00. The Morgan fingerprint density at radius 1 is 1.31 bits per heavy atom. The molecule has 1 aliphatic rings. The lowest BCUT2D eigenvalue weighted by Gasteiger charge is -2.25. The monoisotopic (exact) mass is 378 g/mol. The molecule has 0 aliphatic carbocycles. The topological polar surface area (TPSA) is 86.7 Å². The second-order valence-corrected chi connectivity index (χ2v) is 7.93. The van der Waals surface area contributed by atoms with Crippen molar-refractivity contribution in [1.29, 1.82) is 0 Å². The summed E-state index contributed by atoms with van der Waals surface area (Å²) in [7, 11) is 0. The molecule has 0 radical (unpaired) electrons. The maximum Gasteiger partial charge on any atom is 0.311 e. The third-order valence-corrected chi connectivity index (χ3v) is 5.40. The zero-order valence-corrected chi connectivity index (χ0v) is 16.1. The summed E-state index contributed by atoms with van der Waals surface area (Å²) in [5.74, 6) is -0.533. The molecular formula is C19H26N2O4S. The molecule has 142 valence electrons. The van der Waals surface area contributed by atoms with E-state index in [1.165, 1.54) is 0 Å². The summed E-state index contributed by atoms with van der Waals surface area (Å²) in [4.78, 5) is 38.2. The Hall–Kier alpha value is -2.02. The van der Waals surface area contributed by atoms with Crippen molar-refractivity contribution in [2.45, 2.75) is 32.2 Å². The van der Waals surface area contributed by atoms with Gasteiger partial charge in [-0.25, -0.2) is 0 Å². The molecule has 1 saturated heterocycles. The number of nitrogens with one attached hydrogen (secondary N) is 1. The first kappa shape index (κ1) is 20.3. The number of hydrogen-bond donors (Lipinski definition) is 2. The van der Waals surface area contributed by atoms with E-state index in [9.17, 15) is 19.5 Å². The number of thioether (sulfide) groups is 1. The molecule has 0 aromatic heterocycles. The molecule has 0 saturated carbocycles. The lowest BCUT2D eigenvalue weighted by Crippen LogP contribution is -2.49. The number of amides is 2. The van der Waals surface area contributed by atoms with Crippen molar-refractivity contribution in [3.8, 4) is 0 Å². The number of carbonyl (C=O) groups is 3. The molecule has 1 aliphatic heterocycles. The van der Waals surface area contributed by atoms with Crippen molar-refractivity contribution >= 4 is 29.5 Å². The number of carboxylic acid groups (broad SMARTS) is 1. The van der Waals surface area contributed by atoms with Gasteiger partial charge in [-0.3, -0.25) is 14.4 Å². The largest absolute Gasteiger partial charge is 0.481 e. The van der Waals surface area contributed by atoms with Crippen molar-refractivity contribution in [3.63, 3.8) is 0 Å². The van der Waals surface area contributed by atoms with Crippen LogP contribution in [0.15, 0.2) is 30.3 Å². The number of carboxylic acids is 1. The molecule has 1 aromatic rings. The Morgan fingerprint density at radius 3 is 2.58 bits per heavy atom. The predicted octanol–water partition coefficient (Wildman–Crippen LogP) is 1.79. The van der Waals surface area contributed by atoms with Crippen LogP contribution in [-0.4, -0.2) is 58.9 Å². The predicted molar refractivity (Wildman–Crippen MR) is 102 cm³/mol. The second kappa shape index (κ2) is 9.07. The number of likely N-dealkylation sites (tertiary alicyclic amines) is 1. The summed E-state index contributed by atoms with van der Waals surface area (Å²) in [5, 5.41) is 12.2. The van der Waals surface area contributed by atoms with E-state index in [1.54, 1.807) is 23.6 Å². The highest BCUT2D eigenvalue weighted by atomic mass is 32.2. The number of benzene rings is 1. The lowest BCUT2D eigenvalue weighted by molar-refractivity contribution is -0.147. The van der Waals surface area contributed by atoms with E-state index in [-0.39, 0.29) is 24.8 Å².